The summed E-state index contributed by atoms with van der Waals surface area (Å²) in [5.41, 5.74) is 0. The van der Waals surface area contributed by atoms with Crippen molar-refractivity contribution < 1.29 is 28.7 Å². The molecule has 2 saturated carbocycles. The zero-order valence-corrected chi connectivity index (χ0v) is 14.2. The van der Waals surface area contributed by atoms with Gasteiger partial charge in [-0.2, -0.15) is 0 Å². The van der Waals surface area contributed by atoms with Gasteiger partial charge in [0.05, 0.1) is 23.7 Å². The normalized spacial score (nSPS) is 40.9. The molecule has 0 amide bonds. The summed E-state index contributed by atoms with van der Waals surface area (Å²) < 4.78 is 9.18. The monoisotopic (exact) mass is 336 g/mol. The van der Waals surface area contributed by atoms with Gasteiger partial charge in [0, 0.05) is 0 Å². The van der Waals surface area contributed by atoms with Crippen molar-refractivity contribution in [2.45, 2.75) is 52.4 Å². The van der Waals surface area contributed by atoms with Crippen molar-refractivity contribution >= 4 is 23.9 Å². The first kappa shape index (κ1) is 17.1. The van der Waals surface area contributed by atoms with E-state index in [0.717, 1.165) is 38.5 Å². The summed E-state index contributed by atoms with van der Waals surface area (Å²) in [6.07, 6.45) is 5.63. The number of rotatable bonds is 0. The third-order valence-corrected chi connectivity index (χ3v) is 5.92. The van der Waals surface area contributed by atoms with Crippen molar-refractivity contribution in [3.8, 4) is 0 Å². The molecule has 0 aromatic rings. The Hall–Kier alpha value is -1.72. The van der Waals surface area contributed by atoms with Gasteiger partial charge in [-0.3, -0.25) is 19.2 Å². The fraction of sp³-hybridized carbons (Fsp3) is 0.778. The Morgan fingerprint density at radius 3 is 2.04 bits per heavy atom. The number of esters is 4. The Kier molecular flexibility index (Phi) is 4.74. The van der Waals surface area contributed by atoms with E-state index in [2.05, 4.69) is 16.4 Å². The van der Waals surface area contributed by atoms with Crippen molar-refractivity contribution in [1.82, 2.24) is 0 Å². The molecule has 4 fully saturated rings. The van der Waals surface area contributed by atoms with Crippen LogP contribution in [0.3, 0.4) is 0 Å². The van der Waals surface area contributed by atoms with E-state index in [1.54, 1.807) is 0 Å². The summed E-state index contributed by atoms with van der Waals surface area (Å²) in [7, 11) is 0. The zero-order valence-electron chi connectivity index (χ0n) is 14.2. The van der Waals surface area contributed by atoms with Gasteiger partial charge in [0.2, 0.25) is 0 Å². The summed E-state index contributed by atoms with van der Waals surface area (Å²) in [5, 5.41) is 0. The van der Waals surface area contributed by atoms with Crippen LogP contribution in [0.4, 0.5) is 0 Å². The topological polar surface area (TPSA) is 86.7 Å². The minimum atomic E-state index is -0.295. The highest BCUT2D eigenvalue weighted by Gasteiger charge is 2.48. The third kappa shape index (κ3) is 3.10. The van der Waals surface area contributed by atoms with Gasteiger partial charge in [-0.05, 0) is 43.9 Å². The Labute approximate surface area is 141 Å². The number of carbonyl (C=O) groups is 4. The first-order valence-electron chi connectivity index (χ1n) is 8.89. The molecule has 6 nitrogen and oxygen atoms in total. The minimum absolute atomic E-state index is 0.117. The Bertz CT molecular complexity index is 562. The number of ether oxygens (including phenoxy) is 2. The van der Waals surface area contributed by atoms with Crippen LogP contribution in [-0.2, 0) is 28.7 Å². The fourth-order valence-corrected chi connectivity index (χ4v) is 4.49. The summed E-state index contributed by atoms with van der Waals surface area (Å²) in [6.45, 7) is 4.14. The SMILES string of the molecule is CC1CCC2C(=O)OC(=O)C2C1.CC1CCCC2C(=O)OC(=O)C12. The van der Waals surface area contributed by atoms with Gasteiger partial charge in [-0.1, -0.05) is 20.3 Å². The van der Waals surface area contributed by atoms with Crippen LogP contribution in [-0.4, -0.2) is 23.9 Å². The third-order valence-electron chi connectivity index (χ3n) is 5.92. The van der Waals surface area contributed by atoms with E-state index < -0.39 is 0 Å². The van der Waals surface area contributed by atoms with Gasteiger partial charge in [-0.25, -0.2) is 0 Å². The molecule has 2 aliphatic carbocycles. The van der Waals surface area contributed by atoms with Crippen molar-refractivity contribution in [2.24, 2.45) is 35.5 Å². The Morgan fingerprint density at radius 2 is 1.33 bits per heavy atom. The second-order valence-corrected chi connectivity index (χ2v) is 7.65. The van der Waals surface area contributed by atoms with Crippen LogP contribution < -0.4 is 0 Å². The molecule has 6 atom stereocenters. The van der Waals surface area contributed by atoms with Crippen LogP contribution >= 0.6 is 0 Å². The van der Waals surface area contributed by atoms with Gasteiger partial charge in [0.25, 0.3) is 0 Å². The van der Waals surface area contributed by atoms with Gasteiger partial charge in [-0.15, -0.1) is 0 Å². The van der Waals surface area contributed by atoms with Crippen molar-refractivity contribution in [1.29, 1.82) is 0 Å². The van der Waals surface area contributed by atoms with Crippen LogP contribution in [0, 0.1) is 35.5 Å². The standard InChI is InChI=1S/2C9H12O3/c1-5-2-3-6-7(4-5)9(11)12-8(6)10;1-5-3-2-4-6-7(5)9(11)12-8(6)10/h2*5-7H,2-4H2,1H3. The molecular weight excluding hydrogens is 312 g/mol. The average Bonchev–Trinajstić information content (AvgIpc) is 2.98. The average molecular weight is 336 g/mol. The molecule has 2 saturated heterocycles. The van der Waals surface area contributed by atoms with Gasteiger partial charge >= 0.3 is 23.9 Å². The molecule has 0 N–H and O–H groups in total. The largest absolute Gasteiger partial charge is 0.393 e. The summed E-state index contributed by atoms with van der Waals surface area (Å²) >= 11 is 0. The summed E-state index contributed by atoms with van der Waals surface area (Å²) in [4.78, 5) is 44.5. The second-order valence-electron chi connectivity index (χ2n) is 7.65. The van der Waals surface area contributed by atoms with E-state index in [0.29, 0.717) is 11.8 Å². The van der Waals surface area contributed by atoms with Crippen LogP contribution in [0.15, 0.2) is 0 Å². The van der Waals surface area contributed by atoms with E-state index in [9.17, 15) is 19.2 Å². The predicted molar refractivity (Wildman–Crippen MR) is 82.2 cm³/mol. The quantitative estimate of drug-likeness (QED) is 0.498. The molecule has 6 heteroatoms. The number of carbonyl (C=O) groups excluding carboxylic acids is 4. The minimum Gasteiger partial charge on any atom is -0.393 e. The molecule has 0 aromatic heterocycles. The summed E-state index contributed by atoms with van der Waals surface area (Å²) in [5.74, 6) is -0.794. The van der Waals surface area contributed by atoms with Crippen LogP contribution in [0.1, 0.15) is 52.4 Å². The number of cyclic esters (lactones) is 4. The fourth-order valence-electron chi connectivity index (χ4n) is 4.49. The number of hydrogen-bond donors (Lipinski definition) is 0. The van der Waals surface area contributed by atoms with Crippen LogP contribution in [0.2, 0.25) is 0 Å². The van der Waals surface area contributed by atoms with Crippen molar-refractivity contribution in [2.75, 3.05) is 0 Å². The highest BCUT2D eigenvalue weighted by atomic mass is 16.6. The first-order chi connectivity index (χ1) is 11.4. The lowest BCUT2D eigenvalue weighted by Gasteiger charge is -2.25. The molecular formula is C18H24O6. The lowest BCUT2D eigenvalue weighted by molar-refractivity contribution is -0.155. The van der Waals surface area contributed by atoms with E-state index in [1.165, 1.54) is 0 Å². The van der Waals surface area contributed by atoms with E-state index in [4.69, 9.17) is 0 Å². The van der Waals surface area contributed by atoms with Gasteiger partial charge in [0.1, 0.15) is 0 Å². The second kappa shape index (κ2) is 6.65. The van der Waals surface area contributed by atoms with E-state index in [1.807, 2.05) is 6.92 Å². The number of fused-ring (bicyclic) bond motifs is 2. The molecule has 6 unspecified atom stereocenters. The maximum atomic E-state index is 11.2. The van der Waals surface area contributed by atoms with Crippen LogP contribution in [0.5, 0.6) is 0 Å². The highest BCUT2D eigenvalue weighted by molar-refractivity contribution is 5.97. The first-order valence-corrected chi connectivity index (χ1v) is 8.89. The van der Waals surface area contributed by atoms with Gasteiger partial charge in [0.15, 0.2) is 0 Å². The molecule has 2 heterocycles. The highest BCUT2D eigenvalue weighted by Crippen LogP contribution is 2.40. The molecule has 132 valence electrons. The maximum absolute atomic E-state index is 11.2. The zero-order chi connectivity index (χ0) is 17.4. The molecule has 0 radical (unpaired) electrons. The molecule has 4 rings (SSSR count). The Balaban J connectivity index is 0.000000141. The van der Waals surface area contributed by atoms with E-state index in [-0.39, 0.29) is 47.5 Å². The molecule has 24 heavy (non-hydrogen) atoms. The molecule has 0 aromatic carbocycles. The Morgan fingerprint density at radius 1 is 0.708 bits per heavy atom. The lowest BCUT2D eigenvalue weighted by atomic mass is 9.74. The molecule has 4 aliphatic rings. The molecule has 0 bridgehead atoms. The van der Waals surface area contributed by atoms with Crippen LogP contribution in [0.25, 0.3) is 0 Å². The van der Waals surface area contributed by atoms with E-state index >= 15 is 0 Å². The lowest BCUT2D eigenvalue weighted by Crippen LogP contribution is -2.28. The maximum Gasteiger partial charge on any atom is 0.317 e. The molecule has 2 aliphatic heterocycles. The van der Waals surface area contributed by atoms with Crippen molar-refractivity contribution in [3.63, 3.8) is 0 Å². The van der Waals surface area contributed by atoms with Gasteiger partial charge < -0.3 is 9.47 Å². The van der Waals surface area contributed by atoms with Crippen molar-refractivity contribution in [3.05, 3.63) is 0 Å². The molecule has 0 spiro atoms. The smallest absolute Gasteiger partial charge is 0.317 e. The predicted octanol–water partition coefficient (Wildman–Crippen LogP) is 2.24. The summed E-state index contributed by atoms with van der Waals surface area (Å²) in [6, 6.07) is 0. The number of hydrogen-bond acceptors (Lipinski definition) is 6.